The van der Waals surface area contributed by atoms with Crippen molar-refractivity contribution in [2.24, 2.45) is 7.05 Å². The van der Waals surface area contributed by atoms with Crippen molar-refractivity contribution < 1.29 is 0 Å². The van der Waals surface area contributed by atoms with E-state index in [1.165, 1.54) is 15.8 Å². The van der Waals surface area contributed by atoms with Crippen molar-refractivity contribution in [3.8, 4) is 0 Å². The number of hydrogen-bond acceptors (Lipinski definition) is 3. The highest BCUT2D eigenvalue weighted by molar-refractivity contribution is 9.10. The van der Waals surface area contributed by atoms with Crippen molar-refractivity contribution in [1.82, 2.24) is 9.78 Å². The van der Waals surface area contributed by atoms with Gasteiger partial charge in [0.2, 0.25) is 0 Å². The molecule has 0 N–H and O–H groups in total. The van der Waals surface area contributed by atoms with E-state index in [-0.39, 0.29) is 5.56 Å². The number of hydrogen-bond donors (Lipinski definition) is 0. The smallest absolute Gasteiger partial charge is 0.282 e. The van der Waals surface area contributed by atoms with E-state index < -0.39 is 0 Å². The van der Waals surface area contributed by atoms with Crippen LogP contribution >= 0.6 is 15.9 Å². The molecule has 5 heteroatoms. The number of aryl methyl sites for hydroxylation is 2. The highest BCUT2D eigenvalue weighted by atomic mass is 79.9. The van der Waals surface area contributed by atoms with Crippen LogP contribution in [0.5, 0.6) is 0 Å². The Kier molecular flexibility index (Phi) is 4.60. The fraction of sp³-hybridized carbons (Fsp3) is 0.333. The van der Waals surface area contributed by atoms with Gasteiger partial charge >= 0.3 is 0 Å². The first-order valence-electron chi connectivity index (χ1n) is 6.53. The van der Waals surface area contributed by atoms with Crippen LogP contribution in [0.2, 0.25) is 0 Å². The standard InChI is InChI=1S/C15H18BrN3O/c1-4-11-5-7-12(8-6-11)10-18(2)13-9-17-19(3)15(20)14(13)16/h5-9H,4,10H2,1-3H3. The average molecular weight is 336 g/mol. The lowest BCUT2D eigenvalue weighted by molar-refractivity contribution is 0.698. The third-order valence-electron chi connectivity index (χ3n) is 3.32. The lowest BCUT2D eigenvalue weighted by atomic mass is 10.1. The molecule has 2 rings (SSSR count). The zero-order valence-corrected chi connectivity index (χ0v) is 13.5. The number of nitrogens with zero attached hydrogens (tertiary/aromatic N) is 3. The van der Waals surface area contributed by atoms with Gasteiger partial charge in [-0.3, -0.25) is 4.79 Å². The first kappa shape index (κ1) is 14.8. The first-order valence-corrected chi connectivity index (χ1v) is 7.33. The van der Waals surface area contributed by atoms with E-state index in [1.54, 1.807) is 13.2 Å². The van der Waals surface area contributed by atoms with Crippen LogP contribution in [0, 0.1) is 0 Å². The summed E-state index contributed by atoms with van der Waals surface area (Å²) in [6.07, 6.45) is 2.74. The van der Waals surface area contributed by atoms with Gasteiger partial charge in [0.05, 0.1) is 11.9 Å². The summed E-state index contributed by atoms with van der Waals surface area (Å²) >= 11 is 3.35. The van der Waals surface area contributed by atoms with Gasteiger partial charge in [-0.15, -0.1) is 0 Å². The zero-order chi connectivity index (χ0) is 14.7. The highest BCUT2D eigenvalue weighted by Gasteiger charge is 2.11. The quantitative estimate of drug-likeness (QED) is 0.862. The van der Waals surface area contributed by atoms with E-state index >= 15 is 0 Å². The summed E-state index contributed by atoms with van der Waals surface area (Å²) in [6, 6.07) is 8.52. The molecule has 0 spiro atoms. The Morgan fingerprint density at radius 2 is 1.85 bits per heavy atom. The van der Waals surface area contributed by atoms with Crippen molar-refractivity contribution in [1.29, 1.82) is 0 Å². The molecule has 0 atom stereocenters. The molecule has 4 nitrogen and oxygen atoms in total. The molecule has 2 aromatic rings. The number of halogens is 1. The van der Waals surface area contributed by atoms with Gasteiger partial charge in [-0.1, -0.05) is 31.2 Å². The minimum absolute atomic E-state index is 0.129. The predicted molar refractivity (Wildman–Crippen MR) is 85.1 cm³/mol. The molecule has 106 valence electrons. The van der Waals surface area contributed by atoms with Crippen molar-refractivity contribution in [3.05, 3.63) is 56.4 Å². The molecule has 0 radical (unpaired) electrons. The van der Waals surface area contributed by atoms with Crippen molar-refractivity contribution >= 4 is 21.6 Å². The van der Waals surface area contributed by atoms with Gasteiger partial charge < -0.3 is 4.90 Å². The molecule has 0 aliphatic carbocycles. The second-order valence-electron chi connectivity index (χ2n) is 4.80. The van der Waals surface area contributed by atoms with Crippen LogP contribution in [0.3, 0.4) is 0 Å². The molecule has 0 amide bonds. The molecule has 0 aliphatic heterocycles. The second-order valence-corrected chi connectivity index (χ2v) is 5.59. The average Bonchev–Trinajstić information content (AvgIpc) is 2.45. The lowest BCUT2D eigenvalue weighted by Crippen LogP contribution is -2.25. The normalized spacial score (nSPS) is 10.6. The topological polar surface area (TPSA) is 38.1 Å². The van der Waals surface area contributed by atoms with E-state index in [1.807, 2.05) is 11.9 Å². The van der Waals surface area contributed by atoms with Crippen molar-refractivity contribution in [2.75, 3.05) is 11.9 Å². The molecule has 1 heterocycles. The molecule has 0 fully saturated rings. The number of benzene rings is 1. The van der Waals surface area contributed by atoms with Crippen molar-refractivity contribution in [2.45, 2.75) is 19.9 Å². The Bertz CT molecular complexity index is 649. The molecule has 0 unspecified atom stereocenters. The third kappa shape index (κ3) is 3.10. The van der Waals surface area contributed by atoms with Crippen LogP contribution in [0.4, 0.5) is 5.69 Å². The van der Waals surface area contributed by atoms with E-state index in [4.69, 9.17) is 0 Å². The number of rotatable bonds is 4. The van der Waals surface area contributed by atoms with E-state index in [0.29, 0.717) is 4.47 Å². The van der Waals surface area contributed by atoms with Crippen molar-refractivity contribution in [3.63, 3.8) is 0 Å². The van der Waals surface area contributed by atoms with Crippen LogP contribution in [-0.4, -0.2) is 16.8 Å². The highest BCUT2D eigenvalue weighted by Crippen LogP contribution is 2.21. The molecular weight excluding hydrogens is 318 g/mol. The number of anilines is 1. The Morgan fingerprint density at radius 3 is 2.45 bits per heavy atom. The summed E-state index contributed by atoms with van der Waals surface area (Å²) in [7, 11) is 3.59. The van der Waals surface area contributed by atoms with Gasteiger partial charge in [0, 0.05) is 20.6 Å². The van der Waals surface area contributed by atoms with Gasteiger partial charge in [0.25, 0.3) is 5.56 Å². The molecule has 0 bridgehead atoms. The minimum Gasteiger partial charge on any atom is -0.368 e. The Balaban J connectivity index is 2.21. The van der Waals surface area contributed by atoms with Crippen LogP contribution in [0.25, 0.3) is 0 Å². The van der Waals surface area contributed by atoms with E-state index in [0.717, 1.165) is 18.7 Å². The van der Waals surface area contributed by atoms with Gasteiger partial charge in [0.15, 0.2) is 0 Å². The molecule has 20 heavy (non-hydrogen) atoms. The summed E-state index contributed by atoms with van der Waals surface area (Å²) in [5, 5.41) is 4.06. The minimum atomic E-state index is -0.129. The van der Waals surface area contributed by atoms with Gasteiger partial charge in [-0.05, 0) is 33.5 Å². The molecule has 1 aromatic heterocycles. The maximum atomic E-state index is 11.9. The molecular formula is C15H18BrN3O. The predicted octanol–water partition coefficient (Wildman–Crippen LogP) is 2.74. The maximum Gasteiger partial charge on any atom is 0.282 e. The largest absolute Gasteiger partial charge is 0.368 e. The summed E-state index contributed by atoms with van der Waals surface area (Å²) in [6.45, 7) is 2.88. The SMILES string of the molecule is CCc1ccc(CN(C)c2cnn(C)c(=O)c2Br)cc1. The summed E-state index contributed by atoms with van der Waals surface area (Å²) in [4.78, 5) is 13.9. The van der Waals surface area contributed by atoms with Gasteiger partial charge in [0.1, 0.15) is 4.47 Å². The monoisotopic (exact) mass is 335 g/mol. The zero-order valence-electron chi connectivity index (χ0n) is 11.9. The lowest BCUT2D eigenvalue weighted by Gasteiger charge is -2.20. The van der Waals surface area contributed by atoms with Crippen LogP contribution in [0.1, 0.15) is 18.1 Å². The Labute approximate surface area is 127 Å². The van der Waals surface area contributed by atoms with Gasteiger partial charge in [-0.25, -0.2) is 4.68 Å². The van der Waals surface area contributed by atoms with Crippen LogP contribution < -0.4 is 10.5 Å². The third-order valence-corrected chi connectivity index (χ3v) is 4.07. The summed E-state index contributed by atoms with van der Waals surface area (Å²) < 4.78 is 1.86. The van der Waals surface area contributed by atoms with E-state index in [9.17, 15) is 4.79 Å². The van der Waals surface area contributed by atoms with E-state index in [2.05, 4.69) is 52.2 Å². The summed E-state index contributed by atoms with van der Waals surface area (Å²) in [5.41, 5.74) is 3.20. The maximum absolute atomic E-state index is 11.9. The fourth-order valence-electron chi connectivity index (χ4n) is 2.01. The van der Waals surface area contributed by atoms with Crippen LogP contribution in [-0.2, 0) is 20.0 Å². The molecule has 1 aromatic carbocycles. The molecule has 0 saturated heterocycles. The van der Waals surface area contributed by atoms with Crippen LogP contribution in [0.15, 0.2) is 39.7 Å². The molecule has 0 saturated carbocycles. The summed E-state index contributed by atoms with van der Waals surface area (Å²) in [5.74, 6) is 0. The Hall–Kier alpha value is -1.62. The molecule has 0 aliphatic rings. The number of aromatic nitrogens is 2. The van der Waals surface area contributed by atoms with Gasteiger partial charge in [-0.2, -0.15) is 5.10 Å². The first-order chi connectivity index (χ1) is 9.52. The Morgan fingerprint density at radius 1 is 1.25 bits per heavy atom. The fourth-order valence-corrected chi connectivity index (χ4v) is 2.67. The second kappa shape index (κ2) is 6.22.